The monoisotopic (exact) mass is 370 g/mol. The van der Waals surface area contributed by atoms with E-state index in [1.165, 1.54) is 4.68 Å². The number of hydrogen-bond acceptors (Lipinski definition) is 5. The molecule has 0 spiro atoms. The number of benzene rings is 1. The van der Waals surface area contributed by atoms with Crippen molar-refractivity contribution in [1.82, 2.24) is 15.1 Å². The van der Waals surface area contributed by atoms with Gasteiger partial charge in [0.15, 0.2) is 0 Å². The molecule has 1 unspecified atom stereocenters. The molecule has 144 valence electrons. The average Bonchev–Trinajstić information content (AvgIpc) is 2.66. The molecule has 1 aromatic heterocycles. The fraction of sp³-hybridized carbons (Fsp3) is 0.450. The number of ether oxygens (including phenoxy) is 1. The van der Waals surface area contributed by atoms with Crippen molar-refractivity contribution in [2.45, 2.75) is 26.4 Å². The Morgan fingerprint density at radius 1 is 1.33 bits per heavy atom. The predicted octanol–water partition coefficient (Wildman–Crippen LogP) is 1.42. The van der Waals surface area contributed by atoms with Gasteiger partial charge in [-0.1, -0.05) is 17.7 Å². The third kappa shape index (κ3) is 4.74. The molecule has 1 aliphatic rings. The van der Waals surface area contributed by atoms with E-state index in [1.54, 1.807) is 19.3 Å². The second kappa shape index (κ2) is 8.35. The molecule has 1 saturated heterocycles. The molecule has 2 heterocycles. The highest BCUT2D eigenvalue weighted by Gasteiger charge is 2.21. The standard InChI is InChI=1S/C20H26N4O3/c1-14-4-5-15(2)18(10-14)20(26)21-7-6-17-13-24(8-9-27-17)16-11-19(25)23(3)22-12-16/h4-5,10-12,17H,6-9,13H2,1-3H3,(H,21,26). The molecule has 1 atom stereocenters. The van der Waals surface area contributed by atoms with Gasteiger partial charge < -0.3 is 15.0 Å². The van der Waals surface area contributed by atoms with Crippen LogP contribution in [0.2, 0.25) is 0 Å². The molecule has 1 fully saturated rings. The second-order valence-corrected chi connectivity index (χ2v) is 6.98. The van der Waals surface area contributed by atoms with Crippen LogP contribution in [0.4, 0.5) is 5.69 Å². The van der Waals surface area contributed by atoms with Crippen LogP contribution >= 0.6 is 0 Å². The van der Waals surface area contributed by atoms with Gasteiger partial charge in [0, 0.05) is 38.3 Å². The molecular weight excluding hydrogens is 344 g/mol. The molecule has 0 saturated carbocycles. The van der Waals surface area contributed by atoms with E-state index in [1.807, 2.05) is 32.0 Å². The number of carbonyl (C=O) groups is 1. The summed E-state index contributed by atoms with van der Waals surface area (Å²) in [6, 6.07) is 7.47. The molecule has 0 radical (unpaired) electrons. The normalized spacial score (nSPS) is 17.0. The van der Waals surface area contributed by atoms with Crippen molar-refractivity contribution < 1.29 is 9.53 Å². The van der Waals surface area contributed by atoms with E-state index in [9.17, 15) is 9.59 Å². The minimum absolute atomic E-state index is 0.00159. The van der Waals surface area contributed by atoms with Crippen molar-refractivity contribution in [1.29, 1.82) is 0 Å². The Kier molecular flexibility index (Phi) is 5.91. The zero-order valence-electron chi connectivity index (χ0n) is 16.1. The van der Waals surface area contributed by atoms with Gasteiger partial charge in [-0.3, -0.25) is 9.59 Å². The minimum atomic E-state index is -0.128. The van der Waals surface area contributed by atoms with E-state index in [4.69, 9.17) is 4.74 Å². The fourth-order valence-corrected chi connectivity index (χ4v) is 3.18. The Bertz CT molecular complexity index is 878. The van der Waals surface area contributed by atoms with Gasteiger partial charge in [0.2, 0.25) is 0 Å². The van der Waals surface area contributed by atoms with E-state index in [0.29, 0.717) is 31.7 Å². The lowest BCUT2D eigenvalue weighted by molar-refractivity contribution is 0.0353. The Hall–Kier alpha value is -2.67. The van der Waals surface area contributed by atoms with Crippen LogP contribution in [0, 0.1) is 13.8 Å². The molecule has 7 nitrogen and oxygen atoms in total. The van der Waals surface area contributed by atoms with Crippen molar-refractivity contribution in [3.05, 3.63) is 57.5 Å². The molecule has 1 aliphatic heterocycles. The first kappa shape index (κ1) is 19.1. The van der Waals surface area contributed by atoms with Gasteiger partial charge in [0.25, 0.3) is 11.5 Å². The maximum Gasteiger partial charge on any atom is 0.268 e. The van der Waals surface area contributed by atoms with Crippen molar-refractivity contribution in [3.63, 3.8) is 0 Å². The first-order valence-electron chi connectivity index (χ1n) is 9.19. The summed E-state index contributed by atoms with van der Waals surface area (Å²) in [6.07, 6.45) is 2.42. The number of nitrogens with one attached hydrogen (secondary N) is 1. The topological polar surface area (TPSA) is 76.5 Å². The number of aromatic nitrogens is 2. The molecule has 1 N–H and O–H groups in total. The number of morpholine rings is 1. The van der Waals surface area contributed by atoms with Crippen molar-refractivity contribution in [3.8, 4) is 0 Å². The summed E-state index contributed by atoms with van der Waals surface area (Å²) in [6.45, 7) is 6.44. The number of nitrogens with zero attached hydrogens (tertiary/aromatic N) is 3. The van der Waals surface area contributed by atoms with Gasteiger partial charge in [-0.2, -0.15) is 5.10 Å². The highest BCUT2D eigenvalue weighted by molar-refractivity contribution is 5.95. The first-order valence-corrected chi connectivity index (χ1v) is 9.19. The number of aryl methyl sites for hydroxylation is 3. The molecule has 27 heavy (non-hydrogen) atoms. The maximum absolute atomic E-state index is 12.4. The molecule has 1 amide bonds. The first-order chi connectivity index (χ1) is 12.9. The summed E-state index contributed by atoms with van der Waals surface area (Å²) in [7, 11) is 1.63. The molecule has 7 heteroatoms. The molecule has 0 bridgehead atoms. The van der Waals surface area contributed by atoms with E-state index >= 15 is 0 Å². The van der Waals surface area contributed by atoms with Crippen molar-refractivity contribution in [2.24, 2.45) is 7.05 Å². The van der Waals surface area contributed by atoms with E-state index in [2.05, 4.69) is 15.3 Å². The third-order valence-corrected chi connectivity index (χ3v) is 4.85. The Morgan fingerprint density at radius 3 is 2.93 bits per heavy atom. The summed E-state index contributed by atoms with van der Waals surface area (Å²) in [5.41, 5.74) is 3.44. The minimum Gasteiger partial charge on any atom is -0.374 e. The molecule has 3 rings (SSSR count). The SMILES string of the molecule is Cc1ccc(C)c(C(=O)NCCC2CN(c3cnn(C)c(=O)c3)CCO2)c1. The number of anilines is 1. The van der Waals surface area contributed by atoms with Crippen LogP contribution in [0.5, 0.6) is 0 Å². The lowest BCUT2D eigenvalue weighted by atomic mass is 10.1. The number of hydrogen-bond donors (Lipinski definition) is 1. The third-order valence-electron chi connectivity index (χ3n) is 4.85. The largest absolute Gasteiger partial charge is 0.374 e. The van der Waals surface area contributed by atoms with Gasteiger partial charge in [0.1, 0.15) is 0 Å². The van der Waals surface area contributed by atoms with Gasteiger partial charge in [-0.05, 0) is 31.9 Å². The Morgan fingerprint density at radius 2 is 2.15 bits per heavy atom. The summed E-state index contributed by atoms with van der Waals surface area (Å²) >= 11 is 0. The quantitative estimate of drug-likeness (QED) is 0.862. The van der Waals surface area contributed by atoms with E-state index in [-0.39, 0.29) is 17.6 Å². The maximum atomic E-state index is 12.4. The van der Waals surface area contributed by atoms with Crippen LogP contribution in [0.15, 0.2) is 35.3 Å². The summed E-state index contributed by atoms with van der Waals surface area (Å²) in [4.78, 5) is 26.3. The van der Waals surface area contributed by atoms with Crippen LogP contribution in [0.25, 0.3) is 0 Å². The van der Waals surface area contributed by atoms with Crippen molar-refractivity contribution in [2.75, 3.05) is 31.1 Å². The second-order valence-electron chi connectivity index (χ2n) is 6.98. The van der Waals surface area contributed by atoms with Gasteiger partial charge in [-0.25, -0.2) is 4.68 Å². The summed E-state index contributed by atoms with van der Waals surface area (Å²) in [5.74, 6) is -0.0559. The van der Waals surface area contributed by atoms with Crippen molar-refractivity contribution >= 4 is 11.6 Å². The van der Waals surface area contributed by atoms with Gasteiger partial charge in [-0.15, -0.1) is 0 Å². The lowest BCUT2D eigenvalue weighted by Gasteiger charge is -2.34. The summed E-state index contributed by atoms with van der Waals surface area (Å²) < 4.78 is 7.13. The highest BCUT2D eigenvalue weighted by Crippen LogP contribution is 2.16. The van der Waals surface area contributed by atoms with Crippen LogP contribution < -0.4 is 15.8 Å². The van der Waals surface area contributed by atoms with E-state index < -0.39 is 0 Å². The number of carbonyl (C=O) groups excluding carboxylic acids is 1. The molecular formula is C20H26N4O3. The fourth-order valence-electron chi connectivity index (χ4n) is 3.18. The molecule has 1 aromatic carbocycles. The highest BCUT2D eigenvalue weighted by atomic mass is 16.5. The number of rotatable bonds is 5. The van der Waals surface area contributed by atoms with Gasteiger partial charge >= 0.3 is 0 Å². The van der Waals surface area contributed by atoms with Gasteiger partial charge in [0.05, 0.1) is 24.6 Å². The Balaban J connectivity index is 1.53. The van der Waals surface area contributed by atoms with Crippen LogP contribution in [0.3, 0.4) is 0 Å². The molecule has 2 aromatic rings. The predicted molar refractivity (Wildman–Crippen MR) is 104 cm³/mol. The van der Waals surface area contributed by atoms with Crippen LogP contribution in [-0.2, 0) is 11.8 Å². The zero-order valence-corrected chi connectivity index (χ0v) is 16.1. The average molecular weight is 370 g/mol. The lowest BCUT2D eigenvalue weighted by Crippen LogP contribution is -2.44. The number of amides is 1. The van der Waals surface area contributed by atoms with E-state index in [0.717, 1.165) is 23.4 Å². The smallest absolute Gasteiger partial charge is 0.268 e. The van der Waals surface area contributed by atoms with Crippen LogP contribution in [0.1, 0.15) is 27.9 Å². The van der Waals surface area contributed by atoms with Crippen LogP contribution in [-0.4, -0.2) is 48.0 Å². The molecule has 0 aliphatic carbocycles. The Labute approximate surface area is 158 Å². The zero-order chi connectivity index (χ0) is 19.4. The summed E-state index contributed by atoms with van der Waals surface area (Å²) in [5, 5.41) is 7.06.